The zero-order valence-electron chi connectivity index (χ0n) is 5.88. The molecule has 0 amide bonds. The summed E-state index contributed by atoms with van der Waals surface area (Å²) in [6.45, 7) is 1.76. The van der Waals surface area contributed by atoms with Gasteiger partial charge in [0.05, 0.1) is 0 Å². The summed E-state index contributed by atoms with van der Waals surface area (Å²) in [6.07, 6.45) is 0.429. The van der Waals surface area contributed by atoms with Crippen LogP contribution in [0.5, 0.6) is 0 Å². The molecule has 0 aliphatic rings. The number of hydrogen-bond donors (Lipinski definition) is 0. The lowest BCUT2D eigenvalue weighted by molar-refractivity contribution is -0.177. The summed E-state index contributed by atoms with van der Waals surface area (Å²) in [4.78, 5) is 15.0. The maximum Gasteiger partial charge on any atom is 0.324 e. The van der Waals surface area contributed by atoms with Crippen molar-refractivity contribution in [1.29, 1.82) is 0 Å². The van der Waals surface area contributed by atoms with E-state index < -0.39 is 0 Å². The number of nitrogens with zero attached hydrogens (tertiary/aromatic N) is 1. The maximum atomic E-state index is 10.4. The van der Waals surface area contributed by atoms with Crippen LogP contribution in [0.1, 0.15) is 13.3 Å². The standard InChI is InChI=1S/C5H11NO2.ClH/c1-4-5(7)8-6(2)3;/h4H2,1-3H3;1H. The largest absolute Gasteiger partial charge is 0.369 e. The van der Waals surface area contributed by atoms with E-state index in [1.165, 1.54) is 5.06 Å². The summed E-state index contributed by atoms with van der Waals surface area (Å²) in [6, 6.07) is 0. The van der Waals surface area contributed by atoms with Crippen molar-refractivity contribution in [1.82, 2.24) is 5.06 Å². The van der Waals surface area contributed by atoms with Crippen molar-refractivity contribution in [2.24, 2.45) is 0 Å². The van der Waals surface area contributed by atoms with E-state index in [1.807, 2.05) is 0 Å². The number of hydrogen-bond acceptors (Lipinski definition) is 3. The molecule has 0 aromatic heterocycles. The Morgan fingerprint density at radius 3 is 2.11 bits per heavy atom. The van der Waals surface area contributed by atoms with Gasteiger partial charge in [-0.05, 0) is 0 Å². The molecule has 0 saturated heterocycles. The zero-order chi connectivity index (χ0) is 6.57. The lowest BCUT2D eigenvalue weighted by atomic mass is 10.5. The predicted molar refractivity (Wildman–Crippen MR) is 37.3 cm³/mol. The van der Waals surface area contributed by atoms with Gasteiger partial charge < -0.3 is 4.84 Å². The van der Waals surface area contributed by atoms with Crippen molar-refractivity contribution in [3.63, 3.8) is 0 Å². The molecule has 0 spiro atoms. The molecule has 3 nitrogen and oxygen atoms in total. The molecular formula is C5H12ClNO2. The molecule has 0 aliphatic carbocycles. The minimum atomic E-state index is -0.199. The highest BCUT2D eigenvalue weighted by Crippen LogP contribution is 1.84. The van der Waals surface area contributed by atoms with Gasteiger partial charge in [0.1, 0.15) is 0 Å². The summed E-state index contributed by atoms with van der Waals surface area (Å²) >= 11 is 0. The summed E-state index contributed by atoms with van der Waals surface area (Å²) in [5, 5.41) is 1.38. The first-order valence-corrected chi connectivity index (χ1v) is 2.55. The Labute approximate surface area is 61.3 Å². The Kier molecular flexibility index (Phi) is 7.48. The van der Waals surface area contributed by atoms with Gasteiger partial charge in [-0.3, -0.25) is 4.79 Å². The number of halogens is 1. The van der Waals surface area contributed by atoms with Crippen molar-refractivity contribution >= 4 is 18.4 Å². The number of carbonyl (C=O) groups is 1. The monoisotopic (exact) mass is 153 g/mol. The summed E-state index contributed by atoms with van der Waals surface area (Å²) in [5.41, 5.74) is 0. The highest BCUT2D eigenvalue weighted by atomic mass is 35.5. The van der Waals surface area contributed by atoms with Gasteiger partial charge in [-0.15, -0.1) is 17.5 Å². The molecule has 4 heteroatoms. The molecule has 0 fully saturated rings. The van der Waals surface area contributed by atoms with Crippen LogP contribution in [0, 0.1) is 0 Å². The van der Waals surface area contributed by atoms with Crippen molar-refractivity contribution in [2.75, 3.05) is 14.1 Å². The predicted octanol–water partition coefficient (Wildman–Crippen LogP) is 0.838. The van der Waals surface area contributed by atoms with Crippen LogP contribution in [-0.2, 0) is 9.63 Å². The molecule has 0 radical (unpaired) electrons. The van der Waals surface area contributed by atoms with Gasteiger partial charge in [0.2, 0.25) is 0 Å². The first-order chi connectivity index (χ1) is 3.66. The van der Waals surface area contributed by atoms with Crippen LogP contribution in [-0.4, -0.2) is 25.1 Å². The Balaban J connectivity index is 0. The summed E-state index contributed by atoms with van der Waals surface area (Å²) in [7, 11) is 3.35. The molecule has 0 rings (SSSR count). The molecule has 0 aromatic rings. The average molecular weight is 154 g/mol. The number of hydroxylamine groups is 2. The Morgan fingerprint density at radius 2 is 2.00 bits per heavy atom. The summed E-state index contributed by atoms with van der Waals surface area (Å²) in [5.74, 6) is -0.199. The highest BCUT2D eigenvalue weighted by Gasteiger charge is 1.97. The third-order valence-corrected chi connectivity index (χ3v) is 0.573. The normalized spacial score (nSPS) is 8.44. The lowest BCUT2D eigenvalue weighted by Crippen LogP contribution is -2.17. The molecule has 0 N–H and O–H groups in total. The summed E-state index contributed by atoms with van der Waals surface area (Å²) < 4.78 is 0. The average Bonchev–Trinajstić information content (AvgIpc) is 1.65. The Hall–Kier alpha value is -0.280. The van der Waals surface area contributed by atoms with E-state index in [0.29, 0.717) is 6.42 Å². The topological polar surface area (TPSA) is 29.5 Å². The number of carbonyl (C=O) groups excluding carboxylic acids is 1. The molecule has 9 heavy (non-hydrogen) atoms. The van der Waals surface area contributed by atoms with Crippen LogP contribution >= 0.6 is 12.4 Å². The van der Waals surface area contributed by atoms with Crippen LogP contribution < -0.4 is 0 Å². The molecule has 0 unspecified atom stereocenters. The van der Waals surface area contributed by atoms with E-state index in [0.717, 1.165) is 0 Å². The third-order valence-electron chi connectivity index (χ3n) is 0.573. The van der Waals surface area contributed by atoms with E-state index in [2.05, 4.69) is 4.84 Å². The van der Waals surface area contributed by atoms with E-state index in [-0.39, 0.29) is 18.4 Å². The lowest BCUT2D eigenvalue weighted by Gasteiger charge is -2.07. The molecule has 0 bridgehead atoms. The van der Waals surface area contributed by atoms with Crippen LogP contribution in [0.4, 0.5) is 0 Å². The van der Waals surface area contributed by atoms with Crippen molar-refractivity contribution in [3.05, 3.63) is 0 Å². The van der Waals surface area contributed by atoms with Crippen molar-refractivity contribution in [2.45, 2.75) is 13.3 Å². The quantitative estimate of drug-likeness (QED) is 0.551. The highest BCUT2D eigenvalue weighted by molar-refractivity contribution is 5.85. The molecular weight excluding hydrogens is 142 g/mol. The van der Waals surface area contributed by atoms with Gasteiger partial charge in [0.15, 0.2) is 0 Å². The minimum absolute atomic E-state index is 0. The second kappa shape index (κ2) is 5.85. The SMILES string of the molecule is CCC(=O)ON(C)C.Cl. The van der Waals surface area contributed by atoms with E-state index in [9.17, 15) is 4.79 Å². The smallest absolute Gasteiger partial charge is 0.324 e. The minimum Gasteiger partial charge on any atom is -0.369 e. The fourth-order valence-corrected chi connectivity index (χ4v) is 0.268. The molecule has 56 valence electrons. The fraction of sp³-hybridized carbons (Fsp3) is 0.800. The second-order valence-electron chi connectivity index (χ2n) is 1.63. The van der Waals surface area contributed by atoms with Gasteiger partial charge in [0, 0.05) is 20.5 Å². The van der Waals surface area contributed by atoms with E-state index in [1.54, 1.807) is 21.0 Å². The van der Waals surface area contributed by atoms with Gasteiger partial charge in [0.25, 0.3) is 0 Å². The van der Waals surface area contributed by atoms with Gasteiger partial charge in [-0.25, -0.2) is 0 Å². The maximum absolute atomic E-state index is 10.4. The number of rotatable bonds is 2. The van der Waals surface area contributed by atoms with Crippen LogP contribution in [0.2, 0.25) is 0 Å². The Morgan fingerprint density at radius 1 is 1.56 bits per heavy atom. The van der Waals surface area contributed by atoms with E-state index in [4.69, 9.17) is 0 Å². The zero-order valence-corrected chi connectivity index (χ0v) is 6.70. The first kappa shape index (κ1) is 11.5. The first-order valence-electron chi connectivity index (χ1n) is 2.55. The van der Waals surface area contributed by atoms with Gasteiger partial charge in [-0.1, -0.05) is 6.92 Å². The van der Waals surface area contributed by atoms with Gasteiger partial charge in [-0.2, -0.15) is 0 Å². The van der Waals surface area contributed by atoms with Crippen molar-refractivity contribution < 1.29 is 9.63 Å². The molecule has 0 aromatic carbocycles. The van der Waals surface area contributed by atoms with Crippen LogP contribution in [0.25, 0.3) is 0 Å². The van der Waals surface area contributed by atoms with Gasteiger partial charge >= 0.3 is 5.97 Å². The molecule has 0 heterocycles. The third kappa shape index (κ3) is 7.72. The molecule has 0 saturated carbocycles. The molecule has 0 aliphatic heterocycles. The fourth-order valence-electron chi connectivity index (χ4n) is 0.268. The molecule has 0 atom stereocenters. The Bertz CT molecular complexity index is 85.0. The van der Waals surface area contributed by atoms with Crippen molar-refractivity contribution in [3.8, 4) is 0 Å². The second-order valence-corrected chi connectivity index (χ2v) is 1.63. The van der Waals surface area contributed by atoms with Crippen LogP contribution in [0.3, 0.4) is 0 Å². The van der Waals surface area contributed by atoms with E-state index >= 15 is 0 Å². The van der Waals surface area contributed by atoms with Crippen LogP contribution in [0.15, 0.2) is 0 Å².